The van der Waals surface area contributed by atoms with Crippen LogP contribution in [0.5, 0.6) is 0 Å². The van der Waals surface area contributed by atoms with Gasteiger partial charge in [0.05, 0.1) is 0 Å². The lowest BCUT2D eigenvalue weighted by molar-refractivity contribution is 0.0471. The molecule has 0 bridgehead atoms. The molecule has 2 N–H and O–H groups in total. The Balaban J connectivity index is 1.33. The maximum atomic E-state index is 12.2. The van der Waals surface area contributed by atoms with Crippen molar-refractivity contribution in [3.63, 3.8) is 0 Å². The Bertz CT molecular complexity index is 779. The van der Waals surface area contributed by atoms with Crippen molar-refractivity contribution in [1.29, 1.82) is 0 Å². The number of ether oxygens (including phenoxy) is 2. The van der Waals surface area contributed by atoms with Gasteiger partial charge in [-0.05, 0) is 90.2 Å². The summed E-state index contributed by atoms with van der Waals surface area (Å²) >= 11 is 0. The molecular formula is C28H45N3O4. The molecule has 2 amide bonds. The first-order valence-corrected chi connectivity index (χ1v) is 13.4. The molecule has 196 valence electrons. The van der Waals surface area contributed by atoms with Crippen LogP contribution < -0.4 is 10.6 Å². The molecule has 0 aliphatic heterocycles. The summed E-state index contributed by atoms with van der Waals surface area (Å²) in [7, 11) is 0. The molecule has 0 spiro atoms. The number of hydrogen-bond acceptors (Lipinski definition) is 5. The Morgan fingerprint density at radius 1 is 0.886 bits per heavy atom. The molecule has 2 saturated carbocycles. The third-order valence-corrected chi connectivity index (χ3v) is 7.21. The topological polar surface area (TPSA) is 79.9 Å². The molecule has 0 heterocycles. The van der Waals surface area contributed by atoms with Crippen molar-refractivity contribution in [2.75, 3.05) is 13.1 Å². The molecule has 3 rings (SSSR count). The lowest BCUT2D eigenvalue weighted by atomic mass is 9.84. The number of amides is 2. The van der Waals surface area contributed by atoms with Gasteiger partial charge in [-0.15, -0.1) is 0 Å². The summed E-state index contributed by atoms with van der Waals surface area (Å²) in [5.41, 5.74) is 0.540. The number of benzene rings is 1. The van der Waals surface area contributed by atoms with Gasteiger partial charge in [0.15, 0.2) is 0 Å². The van der Waals surface area contributed by atoms with Gasteiger partial charge >= 0.3 is 12.2 Å². The summed E-state index contributed by atoms with van der Waals surface area (Å²) in [6.07, 6.45) is 7.89. The number of nitrogens with zero attached hydrogens (tertiary/aromatic N) is 1. The second-order valence-corrected chi connectivity index (χ2v) is 11.2. The Morgan fingerprint density at radius 3 is 2.03 bits per heavy atom. The van der Waals surface area contributed by atoms with Crippen molar-refractivity contribution < 1.29 is 19.1 Å². The molecule has 0 atom stereocenters. The van der Waals surface area contributed by atoms with Crippen molar-refractivity contribution in [1.82, 2.24) is 15.5 Å². The molecule has 0 saturated heterocycles. The van der Waals surface area contributed by atoms with Gasteiger partial charge in [-0.25, -0.2) is 9.59 Å². The van der Waals surface area contributed by atoms with Gasteiger partial charge < -0.3 is 25.0 Å². The van der Waals surface area contributed by atoms with E-state index in [0.29, 0.717) is 18.6 Å². The van der Waals surface area contributed by atoms with Crippen molar-refractivity contribution in [3.8, 4) is 0 Å². The minimum absolute atomic E-state index is 0.207. The van der Waals surface area contributed by atoms with Gasteiger partial charge in [-0.2, -0.15) is 0 Å². The second kappa shape index (κ2) is 13.1. The molecule has 2 fully saturated rings. The highest BCUT2D eigenvalue weighted by atomic mass is 16.6. The zero-order valence-electron chi connectivity index (χ0n) is 22.1. The number of carbonyl (C=O) groups is 2. The van der Waals surface area contributed by atoms with Gasteiger partial charge in [0.25, 0.3) is 0 Å². The Labute approximate surface area is 211 Å². The zero-order chi connectivity index (χ0) is 25.3. The van der Waals surface area contributed by atoms with Gasteiger partial charge in [0, 0.05) is 24.7 Å². The highest BCUT2D eigenvalue weighted by Gasteiger charge is 2.30. The molecule has 1 aromatic rings. The average molecular weight is 488 g/mol. The third kappa shape index (κ3) is 9.71. The molecule has 7 heteroatoms. The van der Waals surface area contributed by atoms with Gasteiger partial charge in [0.2, 0.25) is 0 Å². The number of alkyl carbamates (subject to hydrolysis) is 2. The van der Waals surface area contributed by atoms with Crippen molar-refractivity contribution in [2.45, 2.75) is 109 Å². The monoisotopic (exact) mass is 487 g/mol. The number of hydrogen-bond donors (Lipinski definition) is 2. The van der Waals surface area contributed by atoms with E-state index in [1.54, 1.807) is 0 Å². The smallest absolute Gasteiger partial charge is 0.407 e. The van der Waals surface area contributed by atoms with Crippen LogP contribution in [0.3, 0.4) is 0 Å². The van der Waals surface area contributed by atoms with E-state index in [9.17, 15) is 9.59 Å². The molecule has 0 radical (unpaired) electrons. The van der Waals surface area contributed by atoms with E-state index >= 15 is 0 Å². The van der Waals surface area contributed by atoms with Crippen LogP contribution in [0, 0.1) is 5.92 Å². The van der Waals surface area contributed by atoms with Crippen LogP contribution >= 0.6 is 0 Å². The van der Waals surface area contributed by atoms with E-state index < -0.39 is 5.60 Å². The fourth-order valence-corrected chi connectivity index (χ4v) is 5.35. The predicted octanol–water partition coefficient (Wildman–Crippen LogP) is 5.63. The summed E-state index contributed by atoms with van der Waals surface area (Å²) < 4.78 is 10.8. The molecule has 1 aromatic carbocycles. The van der Waals surface area contributed by atoms with Crippen LogP contribution in [-0.2, 0) is 16.1 Å². The minimum atomic E-state index is -0.461. The quantitative estimate of drug-likeness (QED) is 0.497. The third-order valence-electron chi connectivity index (χ3n) is 7.21. The SMILES string of the molecule is CCN(C[C@H]1CC[C@H](NC(=O)OCc2ccccc2)CC1)[C@H]1CC[C@H](NC(=O)OC(C)(C)C)CC1. The van der Waals surface area contributed by atoms with Crippen LogP contribution in [0.2, 0.25) is 0 Å². The van der Waals surface area contributed by atoms with Crippen LogP contribution in [0.15, 0.2) is 30.3 Å². The maximum absolute atomic E-state index is 12.2. The first kappa shape index (κ1) is 27.3. The minimum Gasteiger partial charge on any atom is -0.445 e. The molecule has 2 aliphatic rings. The van der Waals surface area contributed by atoms with Gasteiger partial charge in [0.1, 0.15) is 12.2 Å². The molecule has 0 aromatic heterocycles. The highest BCUT2D eigenvalue weighted by Crippen LogP contribution is 2.29. The number of nitrogens with one attached hydrogen (secondary N) is 2. The van der Waals surface area contributed by atoms with Crippen molar-refractivity contribution >= 4 is 12.2 Å². The van der Waals surface area contributed by atoms with E-state index in [0.717, 1.165) is 70.0 Å². The maximum Gasteiger partial charge on any atom is 0.407 e. The number of rotatable bonds is 8. The fourth-order valence-electron chi connectivity index (χ4n) is 5.35. The molecule has 7 nitrogen and oxygen atoms in total. The summed E-state index contributed by atoms with van der Waals surface area (Å²) in [4.78, 5) is 26.9. The van der Waals surface area contributed by atoms with Gasteiger partial charge in [-0.1, -0.05) is 37.3 Å². The van der Waals surface area contributed by atoms with E-state index in [1.807, 2.05) is 51.1 Å². The first-order valence-electron chi connectivity index (χ1n) is 13.4. The van der Waals surface area contributed by atoms with E-state index in [1.165, 1.54) is 0 Å². The van der Waals surface area contributed by atoms with Crippen LogP contribution in [0.25, 0.3) is 0 Å². The average Bonchev–Trinajstić information content (AvgIpc) is 2.82. The normalized spacial score (nSPS) is 25.1. The van der Waals surface area contributed by atoms with E-state index in [-0.39, 0.29) is 24.3 Å². The zero-order valence-corrected chi connectivity index (χ0v) is 22.1. The first-order chi connectivity index (χ1) is 16.7. The Hall–Kier alpha value is -2.28. The standard InChI is InChI=1S/C28H45N3O4/c1-5-31(25-17-15-24(16-18-25)30-27(33)35-28(2,3)4)19-21-11-13-23(14-12-21)29-26(32)34-20-22-9-7-6-8-10-22/h6-10,21,23-25H,5,11-20H2,1-4H3,(H,29,32)(H,30,33)/t21-,23-,24-,25-. The van der Waals surface area contributed by atoms with E-state index in [4.69, 9.17) is 9.47 Å². The Morgan fingerprint density at radius 2 is 1.46 bits per heavy atom. The summed E-state index contributed by atoms with van der Waals surface area (Å²) in [5, 5.41) is 6.10. The van der Waals surface area contributed by atoms with Crippen molar-refractivity contribution in [2.24, 2.45) is 5.92 Å². The molecular weight excluding hydrogens is 442 g/mol. The lowest BCUT2D eigenvalue weighted by Gasteiger charge is -2.39. The predicted molar refractivity (Wildman–Crippen MR) is 138 cm³/mol. The number of carbonyl (C=O) groups excluding carboxylic acids is 2. The van der Waals surface area contributed by atoms with Crippen LogP contribution in [-0.4, -0.2) is 53.9 Å². The summed E-state index contributed by atoms with van der Waals surface area (Å²) in [6.45, 7) is 10.4. The molecule has 2 aliphatic carbocycles. The van der Waals surface area contributed by atoms with Gasteiger partial charge in [-0.3, -0.25) is 0 Å². The second-order valence-electron chi connectivity index (χ2n) is 11.2. The lowest BCUT2D eigenvalue weighted by Crippen LogP contribution is -2.47. The molecule has 35 heavy (non-hydrogen) atoms. The fraction of sp³-hybridized carbons (Fsp3) is 0.714. The Kier molecular flexibility index (Phi) is 10.3. The van der Waals surface area contributed by atoms with Crippen molar-refractivity contribution in [3.05, 3.63) is 35.9 Å². The largest absolute Gasteiger partial charge is 0.445 e. The summed E-state index contributed by atoms with van der Waals surface area (Å²) in [5.74, 6) is 0.672. The molecule has 0 unspecified atom stereocenters. The highest BCUT2D eigenvalue weighted by molar-refractivity contribution is 5.68. The van der Waals surface area contributed by atoms with Crippen LogP contribution in [0.1, 0.15) is 84.6 Å². The van der Waals surface area contributed by atoms with Crippen LogP contribution in [0.4, 0.5) is 9.59 Å². The summed E-state index contributed by atoms with van der Waals surface area (Å²) in [6, 6.07) is 10.8. The van der Waals surface area contributed by atoms with E-state index in [2.05, 4.69) is 22.5 Å².